The first-order valence-corrected chi connectivity index (χ1v) is 8.82. The maximum atomic E-state index is 12.2. The van der Waals surface area contributed by atoms with Gasteiger partial charge < -0.3 is 15.3 Å². The molecule has 0 saturated heterocycles. The number of nitrogens with zero attached hydrogens (tertiary/aromatic N) is 1. The number of hydrogen-bond donors (Lipinski definition) is 1. The number of amides is 1. The van der Waals surface area contributed by atoms with Gasteiger partial charge in [-0.2, -0.15) is 4.73 Å². The molecule has 1 heterocycles. The monoisotopic (exact) mass is 340 g/mol. The van der Waals surface area contributed by atoms with Gasteiger partial charge in [0.25, 0.3) is 5.69 Å². The first-order valence-electron chi connectivity index (χ1n) is 8.82. The van der Waals surface area contributed by atoms with Gasteiger partial charge in [-0.3, -0.25) is 4.79 Å². The van der Waals surface area contributed by atoms with Gasteiger partial charge >= 0.3 is 5.91 Å². The van der Waals surface area contributed by atoms with Crippen LogP contribution in [0.15, 0.2) is 48.7 Å². The van der Waals surface area contributed by atoms with E-state index in [1.807, 2.05) is 24.3 Å². The Morgan fingerprint density at radius 3 is 2.96 bits per heavy atom. The van der Waals surface area contributed by atoms with Crippen molar-refractivity contribution in [2.45, 2.75) is 45.3 Å². The Bertz CT molecular complexity index is 732. The van der Waals surface area contributed by atoms with E-state index >= 15 is 0 Å². The first kappa shape index (κ1) is 17.4. The third-order valence-electron chi connectivity index (χ3n) is 4.62. The molecule has 1 aromatic carbocycles. The Labute approximate surface area is 148 Å². The molecule has 5 heteroatoms. The molecule has 0 radical (unpaired) electrons. The van der Waals surface area contributed by atoms with Crippen molar-refractivity contribution in [1.82, 2.24) is 0 Å². The standard InChI is InChI=1S/C20H24N2O3/c1-15-6-4-9-18(12-15)25-14-16-7-5-8-17(13-16)21-20(23)19-10-2-3-11-22(19)24/h2-3,5,7-8,10-11,13,15,18H,4,6,9,12,14H2,1H3,(H,21,23)/t15-,18+/m1/s1. The molecule has 132 valence electrons. The number of anilines is 1. The second-order valence-corrected chi connectivity index (χ2v) is 6.77. The van der Waals surface area contributed by atoms with Crippen molar-refractivity contribution < 1.29 is 14.3 Å². The number of carbonyl (C=O) groups is 1. The molecule has 1 aliphatic carbocycles. The Balaban J connectivity index is 1.59. The second kappa shape index (κ2) is 8.12. The summed E-state index contributed by atoms with van der Waals surface area (Å²) in [6.07, 6.45) is 6.40. The van der Waals surface area contributed by atoms with Crippen molar-refractivity contribution in [3.63, 3.8) is 0 Å². The summed E-state index contributed by atoms with van der Waals surface area (Å²) in [5.41, 5.74) is 1.74. The molecular weight excluding hydrogens is 316 g/mol. The zero-order valence-electron chi connectivity index (χ0n) is 14.5. The minimum absolute atomic E-state index is 0.0698. The highest BCUT2D eigenvalue weighted by Crippen LogP contribution is 2.26. The SMILES string of the molecule is C[C@@H]1CCC[C@H](OCc2cccc(NC(=O)c3cccc[n+]3[O-])c2)C1. The minimum Gasteiger partial charge on any atom is -0.618 e. The Morgan fingerprint density at radius 2 is 2.16 bits per heavy atom. The summed E-state index contributed by atoms with van der Waals surface area (Å²) in [5.74, 6) is 0.309. The van der Waals surface area contributed by atoms with Crippen LogP contribution in [-0.2, 0) is 11.3 Å². The number of pyridine rings is 1. The third-order valence-corrected chi connectivity index (χ3v) is 4.62. The highest BCUT2D eigenvalue weighted by atomic mass is 16.5. The maximum absolute atomic E-state index is 12.2. The van der Waals surface area contributed by atoms with Gasteiger partial charge in [-0.05, 0) is 42.5 Å². The lowest BCUT2D eigenvalue weighted by Gasteiger charge is -2.26. The van der Waals surface area contributed by atoms with Crippen molar-refractivity contribution in [2.24, 2.45) is 5.92 Å². The number of nitrogens with one attached hydrogen (secondary N) is 1. The van der Waals surface area contributed by atoms with E-state index < -0.39 is 5.91 Å². The van der Waals surface area contributed by atoms with E-state index in [1.54, 1.807) is 12.1 Å². The Morgan fingerprint density at radius 1 is 1.28 bits per heavy atom. The van der Waals surface area contributed by atoms with Gasteiger partial charge in [0.1, 0.15) is 0 Å². The average Bonchev–Trinajstić information content (AvgIpc) is 2.61. The van der Waals surface area contributed by atoms with Crippen molar-refractivity contribution in [2.75, 3.05) is 5.32 Å². The van der Waals surface area contributed by atoms with E-state index in [0.29, 0.717) is 23.1 Å². The van der Waals surface area contributed by atoms with Gasteiger partial charge in [0.2, 0.25) is 0 Å². The molecule has 2 atom stereocenters. The van der Waals surface area contributed by atoms with Crippen molar-refractivity contribution in [3.05, 3.63) is 65.1 Å². The fourth-order valence-corrected chi connectivity index (χ4v) is 3.28. The van der Waals surface area contributed by atoms with Crippen molar-refractivity contribution in [3.8, 4) is 0 Å². The number of rotatable bonds is 5. The quantitative estimate of drug-likeness (QED) is 0.667. The molecule has 3 rings (SSSR count). The molecule has 1 amide bonds. The molecule has 1 saturated carbocycles. The highest BCUT2D eigenvalue weighted by molar-refractivity contribution is 6.01. The molecule has 0 aliphatic heterocycles. The summed E-state index contributed by atoms with van der Waals surface area (Å²) in [7, 11) is 0. The van der Waals surface area contributed by atoms with Crippen LogP contribution in [0.2, 0.25) is 0 Å². The fourth-order valence-electron chi connectivity index (χ4n) is 3.28. The van der Waals surface area contributed by atoms with Crippen LogP contribution >= 0.6 is 0 Å². The zero-order valence-corrected chi connectivity index (χ0v) is 14.5. The number of hydrogen-bond acceptors (Lipinski definition) is 3. The third kappa shape index (κ3) is 4.79. The first-order chi connectivity index (χ1) is 12.1. The van der Waals surface area contributed by atoms with Gasteiger partial charge in [0, 0.05) is 17.8 Å². The molecule has 25 heavy (non-hydrogen) atoms. The van der Waals surface area contributed by atoms with Crippen LogP contribution < -0.4 is 10.0 Å². The largest absolute Gasteiger partial charge is 0.618 e. The van der Waals surface area contributed by atoms with Gasteiger partial charge in [-0.25, -0.2) is 0 Å². The lowest BCUT2D eigenvalue weighted by atomic mass is 9.89. The predicted octanol–water partition coefficient (Wildman–Crippen LogP) is 3.67. The van der Waals surface area contributed by atoms with E-state index in [0.717, 1.165) is 24.3 Å². The van der Waals surface area contributed by atoms with Crippen LogP contribution in [0.25, 0.3) is 0 Å². The molecule has 1 fully saturated rings. The minimum atomic E-state index is -0.422. The number of benzene rings is 1. The molecule has 1 aromatic heterocycles. The summed E-state index contributed by atoms with van der Waals surface area (Å²) >= 11 is 0. The van der Waals surface area contributed by atoms with Crippen molar-refractivity contribution >= 4 is 11.6 Å². The van der Waals surface area contributed by atoms with Gasteiger partial charge in [-0.1, -0.05) is 31.9 Å². The molecule has 2 aromatic rings. The lowest BCUT2D eigenvalue weighted by molar-refractivity contribution is -0.607. The van der Waals surface area contributed by atoms with E-state index in [4.69, 9.17) is 4.74 Å². The summed E-state index contributed by atoms with van der Waals surface area (Å²) in [6, 6.07) is 12.3. The highest BCUT2D eigenvalue weighted by Gasteiger charge is 2.19. The summed E-state index contributed by atoms with van der Waals surface area (Å²) < 4.78 is 6.60. The Hall–Kier alpha value is -2.40. The van der Waals surface area contributed by atoms with E-state index in [9.17, 15) is 10.0 Å². The van der Waals surface area contributed by atoms with E-state index in [2.05, 4.69) is 12.2 Å². The molecule has 0 unspecified atom stereocenters. The van der Waals surface area contributed by atoms with Crippen LogP contribution in [0.1, 0.15) is 48.7 Å². The number of aromatic nitrogens is 1. The van der Waals surface area contributed by atoms with E-state index in [-0.39, 0.29) is 5.69 Å². The van der Waals surface area contributed by atoms with Crippen molar-refractivity contribution in [1.29, 1.82) is 0 Å². The van der Waals surface area contributed by atoms with Gasteiger partial charge in [0.15, 0.2) is 6.20 Å². The summed E-state index contributed by atoms with van der Waals surface area (Å²) in [6.45, 7) is 2.81. The molecular formula is C20H24N2O3. The maximum Gasteiger partial charge on any atom is 0.321 e. The smallest absolute Gasteiger partial charge is 0.321 e. The lowest BCUT2D eigenvalue weighted by Crippen LogP contribution is -2.36. The molecule has 1 aliphatic rings. The van der Waals surface area contributed by atoms with Crippen LogP contribution in [0.5, 0.6) is 0 Å². The average molecular weight is 340 g/mol. The van der Waals surface area contributed by atoms with Crippen LogP contribution in [-0.4, -0.2) is 12.0 Å². The molecule has 1 N–H and O–H groups in total. The number of ether oxygens (including phenoxy) is 1. The van der Waals surface area contributed by atoms with Gasteiger partial charge in [-0.15, -0.1) is 0 Å². The second-order valence-electron chi connectivity index (χ2n) is 6.77. The van der Waals surface area contributed by atoms with E-state index in [1.165, 1.54) is 25.1 Å². The number of carbonyl (C=O) groups excluding carboxylic acids is 1. The molecule has 0 spiro atoms. The van der Waals surface area contributed by atoms with Crippen LogP contribution in [0.3, 0.4) is 0 Å². The van der Waals surface area contributed by atoms with Crippen LogP contribution in [0, 0.1) is 11.1 Å². The molecule has 5 nitrogen and oxygen atoms in total. The van der Waals surface area contributed by atoms with Gasteiger partial charge in [0.05, 0.1) is 12.7 Å². The zero-order chi connectivity index (χ0) is 17.6. The topological polar surface area (TPSA) is 65.3 Å². The fraction of sp³-hybridized carbons (Fsp3) is 0.400. The Kier molecular flexibility index (Phi) is 5.66. The summed E-state index contributed by atoms with van der Waals surface area (Å²) in [4.78, 5) is 12.2. The summed E-state index contributed by atoms with van der Waals surface area (Å²) in [5, 5.41) is 14.4. The normalized spacial score (nSPS) is 20.2. The molecule has 0 bridgehead atoms. The predicted molar refractivity (Wildman–Crippen MR) is 96.0 cm³/mol. The van der Waals surface area contributed by atoms with Crippen LogP contribution in [0.4, 0.5) is 5.69 Å².